The molecule has 2 aromatic heterocycles. The quantitative estimate of drug-likeness (QED) is 0.267. The van der Waals surface area contributed by atoms with Gasteiger partial charge in [0.15, 0.2) is 0 Å². The normalized spacial score (nSPS) is 19.2. The third-order valence-corrected chi connectivity index (χ3v) is 7.17. The summed E-state index contributed by atoms with van der Waals surface area (Å²) in [5, 5.41) is 0. The Hall–Kier alpha value is -5.17. The van der Waals surface area contributed by atoms with E-state index >= 15 is 0 Å². The molecule has 7 heteroatoms. The molecule has 0 fully saturated rings. The lowest BCUT2D eigenvalue weighted by molar-refractivity contribution is 0.442. The maximum absolute atomic E-state index is 9.63. The number of hydrogen-bond acceptors (Lipinski definition) is 4. The van der Waals surface area contributed by atoms with Crippen LogP contribution in [0.15, 0.2) is 90.6 Å². The van der Waals surface area contributed by atoms with E-state index in [1.165, 1.54) is 11.3 Å². The van der Waals surface area contributed by atoms with Gasteiger partial charge in [0.05, 0.1) is 48.3 Å². The second-order valence-electron chi connectivity index (χ2n) is 9.28. The molecule has 0 saturated heterocycles. The van der Waals surface area contributed by atoms with Crippen molar-refractivity contribution in [2.75, 3.05) is 0 Å². The molecule has 0 unspecified atom stereocenters. The lowest BCUT2D eigenvalue weighted by Crippen LogP contribution is -2.59. The Morgan fingerprint density at radius 2 is 1.23 bits per heavy atom. The molecular weight excluding hydrogens is 485 g/mol. The smallest absolute Gasteiger partial charge is 0.270 e. The largest absolute Gasteiger partial charge is 0.458 e. The van der Waals surface area contributed by atoms with Crippen molar-refractivity contribution < 1.29 is 34.8 Å². The van der Waals surface area contributed by atoms with Gasteiger partial charge in [0.2, 0.25) is 5.78 Å². The Morgan fingerprint density at radius 3 is 1.90 bits per heavy atom. The van der Waals surface area contributed by atoms with E-state index in [1.54, 1.807) is 0 Å². The summed E-state index contributed by atoms with van der Waals surface area (Å²) in [4.78, 5) is 4.60. The number of ether oxygens (including phenoxy) is 3. The van der Waals surface area contributed by atoms with Crippen molar-refractivity contribution in [2.45, 2.75) is 6.92 Å². The van der Waals surface area contributed by atoms with Crippen molar-refractivity contribution >= 4 is 50.9 Å². The van der Waals surface area contributed by atoms with E-state index in [4.69, 9.17) is 32.0 Å². The van der Waals surface area contributed by atoms with E-state index in [2.05, 4.69) is 4.98 Å². The topological polar surface area (TPSA) is 49.9 Å². The summed E-state index contributed by atoms with van der Waals surface area (Å²) in [6.07, 6.45) is 0. The molecule has 0 bridgehead atoms. The van der Waals surface area contributed by atoms with Gasteiger partial charge >= 0.3 is 0 Å². The standard InChI is InChI=1S/C32H18BN3O3/c1-17-12-13-20-19(14-17)34-32-35(21-6-2-3-7-22(21)36(20)32)18-15-27-31-28(16-18)39-26-11-5-9-24-30(26)33(31)29-23(37-24)8-4-10-25(29)38-27/h2-16H,1H3/i2D,3D,4D,5D,6D,7D,8D,9D,10D,11D,12D,13D,14D,15D,16D. The van der Waals surface area contributed by atoms with E-state index < -0.39 is 84.9 Å². The first-order chi connectivity index (χ1) is 25.5. The van der Waals surface area contributed by atoms with E-state index in [0.717, 1.165) is 4.57 Å². The van der Waals surface area contributed by atoms with Crippen LogP contribution < -0.4 is 30.6 Å². The van der Waals surface area contributed by atoms with E-state index in [9.17, 15) is 2.74 Å². The molecule has 5 aromatic carbocycles. The minimum atomic E-state index is -1.14. The van der Waals surface area contributed by atoms with Gasteiger partial charge in [0.1, 0.15) is 34.5 Å². The second kappa shape index (κ2) is 6.63. The summed E-state index contributed by atoms with van der Waals surface area (Å²) in [6.45, 7) is 0.327. The third kappa shape index (κ3) is 2.37. The first-order valence-corrected chi connectivity index (χ1v) is 11.9. The molecule has 7 aromatic rings. The lowest BCUT2D eigenvalue weighted by Gasteiger charge is -2.37. The first kappa shape index (κ1) is 10.9. The number of aromatic nitrogens is 3. The Bertz CT molecular complexity index is 2970. The highest BCUT2D eigenvalue weighted by Gasteiger charge is 2.46. The monoisotopic (exact) mass is 518 g/mol. The van der Waals surface area contributed by atoms with Crippen LogP contribution in [0.5, 0.6) is 34.5 Å². The SMILES string of the molecule is [2H]c1c([2H])c2c3c(c1[2H])Oc1c([2H])c(-n4c5c([2H])c([2H])c([2H])c([2H])c5n5c6c([2H])c([2H])c(C)c([2H])c6nc45)c([2H])c4c1B3c1c(c([2H])c([2H])c([2H])c1O4)O2. The zero-order valence-electron chi connectivity index (χ0n) is 34.6. The van der Waals surface area contributed by atoms with Crippen molar-refractivity contribution in [2.24, 2.45) is 0 Å². The minimum absolute atomic E-state index is 0.0341. The van der Waals surface area contributed by atoms with Crippen LogP contribution in [0.4, 0.5) is 0 Å². The average molecular weight is 518 g/mol. The predicted octanol–water partition coefficient (Wildman–Crippen LogP) is 5.57. The van der Waals surface area contributed by atoms with Crippen molar-refractivity contribution in [3.05, 3.63) is 96.2 Å². The van der Waals surface area contributed by atoms with Gasteiger partial charge < -0.3 is 14.2 Å². The van der Waals surface area contributed by atoms with Gasteiger partial charge in [-0.3, -0.25) is 8.97 Å². The van der Waals surface area contributed by atoms with Gasteiger partial charge in [0, 0.05) is 28.5 Å². The molecule has 0 amide bonds. The summed E-state index contributed by atoms with van der Waals surface area (Å²) in [5.74, 6) is -1.87. The Balaban J connectivity index is 1.42. The molecule has 0 aliphatic carbocycles. The molecule has 0 saturated carbocycles. The fourth-order valence-corrected chi connectivity index (χ4v) is 5.64. The van der Waals surface area contributed by atoms with E-state index in [-0.39, 0.29) is 102 Å². The van der Waals surface area contributed by atoms with E-state index in [1.807, 2.05) is 0 Å². The Kier molecular flexibility index (Phi) is 1.85. The highest BCUT2D eigenvalue weighted by molar-refractivity contribution is 6.99. The maximum Gasteiger partial charge on any atom is 0.270 e. The van der Waals surface area contributed by atoms with Gasteiger partial charge in [-0.05, 0) is 60.8 Å². The van der Waals surface area contributed by atoms with Crippen LogP contribution in [-0.2, 0) is 0 Å². The average Bonchev–Trinajstić information content (AvgIpc) is 3.70. The first-order valence-electron chi connectivity index (χ1n) is 19.4. The van der Waals surface area contributed by atoms with Crippen molar-refractivity contribution in [3.8, 4) is 40.2 Å². The number of fused-ring (bicyclic) bond motifs is 5. The molecule has 0 atom stereocenters. The number of imidazole rings is 2. The number of para-hydroxylation sites is 2. The maximum atomic E-state index is 9.63. The molecule has 6 nitrogen and oxygen atoms in total. The summed E-state index contributed by atoms with van der Waals surface area (Å²) in [6, 6.07) is -7.78. The number of nitrogens with zero attached hydrogens (tertiary/aromatic N) is 3. The van der Waals surface area contributed by atoms with Crippen LogP contribution in [-0.4, -0.2) is 20.7 Å². The lowest BCUT2D eigenvalue weighted by atomic mass is 9.34. The summed E-state index contributed by atoms with van der Waals surface area (Å²) < 4.78 is 153. The van der Waals surface area contributed by atoms with Crippen LogP contribution in [0.3, 0.4) is 0 Å². The third-order valence-electron chi connectivity index (χ3n) is 7.17. The molecule has 0 N–H and O–H groups in total. The number of rotatable bonds is 1. The molecule has 0 radical (unpaired) electrons. The highest BCUT2D eigenvalue weighted by atomic mass is 16.5. The summed E-state index contributed by atoms with van der Waals surface area (Å²) in [5.41, 5.74) is -0.787. The zero-order chi connectivity index (χ0) is 38.5. The molecule has 182 valence electrons. The summed E-state index contributed by atoms with van der Waals surface area (Å²) >= 11 is 0. The van der Waals surface area contributed by atoms with Gasteiger partial charge in [-0.2, -0.15) is 0 Å². The number of hydrogen-bond donors (Lipinski definition) is 0. The van der Waals surface area contributed by atoms with Gasteiger partial charge in [-0.1, -0.05) is 30.2 Å². The minimum Gasteiger partial charge on any atom is -0.458 e. The molecule has 0 spiro atoms. The molecule has 39 heavy (non-hydrogen) atoms. The van der Waals surface area contributed by atoms with Crippen molar-refractivity contribution in [1.82, 2.24) is 14.0 Å². The van der Waals surface area contributed by atoms with Crippen LogP contribution in [0.25, 0.3) is 33.5 Å². The van der Waals surface area contributed by atoms with Crippen molar-refractivity contribution in [1.29, 1.82) is 0 Å². The fourth-order valence-electron chi connectivity index (χ4n) is 5.64. The summed E-state index contributed by atoms with van der Waals surface area (Å²) in [7, 11) is 0. The molecule has 10 rings (SSSR count). The zero-order valence-corrected chi connectivity index (χ0v) is 19.6. The molecule has 3 aliphatic heterocycles. The molecular formula is C32H18BN3O3. The van der Waals surface area contributed by atoms with Crippen LogP contribution >= 0.6 is 0 Å². The van der Waals surface area contributed by atoms with Gasteiger partial charge in [-0.25, -0.2) is 4.98 Å². The van der Waals surface area contributed by atoms with Crippen molar-refractivity contribution in [3.63, 3.8) is 0 Å². The van der Waals surface area contributed by atoms with Crippen LogP contribution in [0.1, 0.15) is 26.1 Å². The highest BCUT2D eigenvalue weighted by Crippen LogP contribution is 2.43. The van der Waals surface area contributed by atoms with Crippen LogP contribution in [0.2, 0.25) is 0 Å². The fraction of sp³-hybridized carbons (Fsp3) is 0.0312. The van der Waals surface area contributed by atoms with E-state index in [0.29, 0.717) is 0 Å². The van der Waals surface area contributed by atoms with Gasteiger partial charge in [0.25, 0.3) is 6.71 Å². The van der Waals surface area contributed by atoms with Gasteiger partial charge in [-0.15, -0.1) is 0 Å². The number of benzene rings is 5. The second-order valence-corrected chi connectivity index (χ2v) is 9.28. The molecule has 5 heterocycles. The Labute approximate surface area is 243 Å². The predicted molar refractivity (Wildman–Crippen MR) is 152 cm³/mol. The Morgan fingerprint density at radius 1 is 0.641 bits per heavy atom. The van der Waals surface area contributed by atoms with Crippen LogP contribution in [0, 0.1) is 6.92 Å². The molecule has 3 aliphatic rings.